The van der Waals surface area contributed by atoms with E-state index in [1.54, 1.807) is 12.3 Å². The normalized spacial score (nSPS) is 9.92. The van der Waals surface area contributed by atoms with Gasteiger partial charge in [-0.25, -0.2) is 0 Å². The summed E-state index contributed by atoms with van der Waals surface area (Å²) in [6.07, 6.45) is 2.08. The van der Waals surface area contributed by atoms with E-state index in [4.69, 9.17) is 29.6 Å². The van der Waals surface area contributed by atoms with E-state index in [1.165, 1.54) is 10.6 Å². The van der Waals surface area contributed by atoms with Crippen LogP contribution in [0.3, 0.4) is 0 Å². The van der Waals surface area contributed by atoms with Gasteiger partial charge in [0.25, 0.3) is 5.56 Å². The topological polar surface area (TPSA) is 48.0 Å². The molecule has 0 spiro atoms. The predicted octanol–water partition coefficient (Wildman–Crippen LogP) is 1.18. The van der Waals surface area contributed by atoms with Crippen LogP contribution in [-0.4, -0.2) is 9.56 Å². The molecule has 0 amide bonds. The molecule has 0 saturated heterocycles. The van der Waals surface area contributed by atoms with Gasteiger partial charge < -0.3 is 10.3 Å². The highest BCUT2D eigenvalue weighted by Crippen LogP contribution is 2.03. The van der Waals surface area contributed by atoms with E-state index < -0.39 is 0 Å². The minimum Gasteiger partial charge on any atom is -0.393 e. The van der Waals surface area contributed by atoms with Crippen molar-refractivity contribution in [2.24, 2.45) is 5.73 Å². The van der Waals surface area contributed by atoms with Gasteiger partial charge in [-0.05, 0) is 6.07 Å². The lowest BCUT2D eigenvalue weighted by atomic mass is 10.4. The van der Waals surface area contributed by atoms with Crippen molar-refractivity contribution in [2.75, 3.05) is 0 Å². The van der Waals surface area contributed by atoms with Crippen molar-refractivity contribution in [3.8, 4) is 0 Å². The number of aromatic nitrogens is 1. The van der Waals surface area contributed by atoms with Gasteiger partial charge >= 0.3 is 0 Å². The van der Waals surface area contributed by atoms with E-state index in [0.717, 1.165) is 0 Å². The summed E-state index contributed by atoms with van der Waals surface area (Å²) in [5.74, 6) is 0. The van der Waals surface area contributed by atoms with Crippen LogP contribution < -0.4 is 11.3 Å². The second-order valence-electron chi connectivity index (χ2n) is 2.60. The van der Waals surface area contributed by atoms with Crippen LogP contribution >= 0.6 is 23.8 Å². The Balaban J connectivity index is 2.82. The van der Waals surface area contributed by atoms with Gasteiger partial charge in [0.05, 0.1) is 10.0 Å². The van der Waals surface area contributed by atoms with Crippen LogP contribution in [-0.2, 0) is 6.54 Å². The second kappa shape index (κ2) is 4.39. The quantitative estimate of drug-likeness (QED) is 0.772. The molecule has 0 aliphatic heterocycles. The molecule has 1 heterocycles. The number of thiocarbonyl (C=S) groups is 1. The van der Waals surface area contributed by atoms with Crippen molar-refractivity contribution in [3.05, 3.63) is 33.7 Å². The summed E-state index contributed by atoms with van der Waals surface area (Å²) in [5, 5.41) is 0.530. The fourth-order valence-electron chi connectivity index (χ4n) is 0.908. The van der Waals surface area contributed by atoms with Crippen LogP contribution in [0, 0.1) is 0 Å². The van der Waals surface area contributed by atoms with Crippen molar-refractivity contribution in [1.82, 2.24) is 4.57 Å². The third kappa shape index (κ3) is 3.16. The molecule has 13 heavy (non-hydrogen) atoms. The standard InChI is InChI=1S/C8H9ClN2OS/c9-6-1-2-8(12)11(5-6)4-3-7(10)13/h1-2,5H,3-4H2,(H2,10,13). The molecule has 0 bridgehead atoms. The summed E-state index contributed by atoms with van der Waals surface area (Å²) >= 11 is 10.4. The first-order valence-corrected chi connectivity index (χ1v) is 4.52. The monoisotopic (exact) mass is 216 g/mol. The van der Waals surface area contributed by atoms with E-state index in [0.29, 0.717) is 23.0 Å². The maximum absolute atomic E-state index is 11.2. The Bertz CT molecular complexity index is 375. The summed E-state index contributed by atoms with van der Waals surface area (Å²) in [4.78, 5) is 11.6. The molecule has 0 saturated carbocycles. The van der Waals surface area contributed by atoms with Crippen LogP contribution in [0.15, 0.2) is 23.1 Å². The number of aryl methyl sites for hydroxylation is 1. The third-order valence-corrected chi connectivity index (χ3v) is 1.97. The van der Waals surface area contributed by atoms with E-state index >= 15 is 0 Å². The number of pyridine rings is 1. The molecule has 0 fully saturated rings. The number of hydrogen-bond acceptors (Lipinski definition) is 2. The zero-order chi connectivity index (χ0) is 9.84. The van der Waals surface area contributed by atoms with E-state index in [9.17, 15) is 4.79 Å². The number of nitrogens with two attached hydrogens (primary N) is 1. The molecule has 0 aromatic carbocycles. The second-order valence-corrected chi connectivity index (χ2v) is 3.56. The lowest BCUT2D eigenvalue weighted by Crippen LogP contribution is -2.21. The van der Waals surface area contributed by atoms with Gasteiger partial charge in [0, 0.05) is 25.2 Å². The molecule has 0 atom stereocenters. The Morgan fingerprint density at radius 1 is 1.62 bits per heavy atom. The van der Waals surface area contributed by atoms with Crippen molar-refractivity contribution in [2.45, 2.75) is 13.0 Å². The minimum atomic E-state index is -0.0966. The van der Waals surface area contributed by atoms with E-state index in [-0.39, 0.29) is 5.56 Å². The van der Waals surface area contributed by atoms with Crippen LogP contribution in [0.25, 0.3) is 0 Å². The molecule has 1 aromatic rings. The average Bonchev–Trinajstić information content (AvgIpc) is 2.06. The van der Waals surface area contributed by atoms with Gasteiger partial charge in [-0.15, -0.1) is 0 Å². The highest BCUT2D eigenvalue weighted by Gasteiger charge is 1.97. The minimum absolute atomic E-state index is 0.0966. The molecule has 0 aliphatic carbocycles. The summed E-state index contributed by atoms with van der Waals surface area (Å²) in [6, 6.07) is 2.98. The highest BCUT2D eigenvalue weighted by atomic mass is 35.5. The fraction of sp³-hybridized carbons (Fsp3) is 0.250. The third-order valence-electron chi connectivity index (χ3n) is 1.55. The summed E-state index contributed by atoms with van der Waals surface area (Å²) in [6.45, 7) is 0.481. The van der Waals surface area contributed by atoms with Gasteiger partial charge in [-0.1, -0.05) is 23.8 Å². The molecule has 2 N–H and O–H groups in total. The zero-order valence-electron chi connectivity index (χ0n) is 6.87. The Kier molecular flexibility index (Phi) is 3.45. The molecule has 1 aromatic heterocycles. The Morgan fingerprint density at radius 3 is 2.92 bits per heavy atom. The van der Waals surface area contributed by atoms with E-state index in [1.807, 2.05) is 0 Å². The van der Waals surface area contributed by atoms with Crippen molar-refractivity contribution in [3.63, 3.8) is 0 Å². The Morgan fingerprint density at radius 2 is 2.31 bits per heavy atom. The van der Waals surface area contributed by atoms with Crippen molar-refractivity contribution < 1.29 is 0 Å². The summed E-state index contributed by atoms with van der Waals surface area (Å²) in [5.41, 5.74) is 5.21. The Hall–Kier alpha value is -0.870. The summed E-state index contributed by atoms with van der Waals surface area (Å²) in [7, 11) is 0. The smallest absolute Gasteiger partial charge is 0.250 e. The first-order chi connectivity index (χ1) is 6.09. The Labute approximate surface area is 86.1 Å². The van der Waals surface area contributed by atoms with Crippen LogP contribution in [0.1, 0.15) is 6.42 Å². The largest absolute Gasteiger partial charge is 0.393 e. The highest BCUT2D eigenvalue weighted by molar-refractivity contribution is 7.80. The van der Waals surface area contributed by atoms with Gasteiger partial charge in [0.1, 0.15) is 0 Å². The van der Waals surface area contributed by atoms with Crippen molar-refractivity contribution in [1.29, 1.82) is 0 Å². The maximum atomic E-state index is 11.2. The number of hydrogen-bond donors (Lipinski definition) is 1. The number of rotatable bonds is 3. The molecule has 3 nitrogen and oxygen atoms in total. The zero-order valence-corrected chi connectivity index (χ0v) is 8.44. The molecule has 0 aliphatic rings. The maximum Gasteiger partial charge on any atom is 0.250 e. The first kappa shape index (κ1) is 10.2. The van der Waals surface area contributed by atoms with Gasteiger partial charge in [-0.2, -0.15) is 0 Å². The van der Waals surface area contributed by atoms with Crippen LogP contribution in [0.2, 0.25) is 5.02 Å². The van der Waals surface area contributed by atoms with E-state index in [2.05, 4.69) is 0 Å². The molecule has 5 heteroatoms. The lowest BCUT2D eigenvalue weighted by Gasteiger charge is -2.03. The summed E-state index contributed by atoms with van der Waals surface area (Å²) < 4.78 is 1.49. The lowest BCUT2D eigenvalue weighted by molar-refractivity contribution is 0.696. The molecule has 70 valence electrons. The van der Waals surface area contributed by atoms with Gasteiger partial charge in [0.15, 0.2) is 0 Å². The predicted molar refractivity (Wildman–Crippen MR) is 57.1 cm³/mol. The molecule has 0 radical (unpaired) electrons. The molecule has 1 rings (SSSR count). The average molecular weight is 217 g/mol. The van der Waals surface area contributed by atoms with Crippen LogP contribution in [0.5, 0.6) is 0 Å². The van der Waals surface area contributed by atoms with Crippen molar-refractivity contribution >= 4 is 28.8 Å². The first-order valence-electron chi connectivity index (χ1n) is 3.74. The number of halogens is 1. The number of nitrogens with zero attached hydrogens (tertiary/aromatic N) is 1. The SMILES string of the molecule is NC(=S)CCn1cc(Cl)ccc1=O. The molecule has 0 unspecified atom stereocenters. The van der Waals surface area contributed by atoms with Crippen LogP contribution in [0.4, 0.5) is 0 Å². The van der Waals surface area contributed by atoms with Gasteiger partial charge in [-0.3, -0.25) is 4.79 Å². The fourth-order valence-corrected chi connectivity index (χ4v) is 1.18. The molecular formula is C8H9ClN2OS. The molecular weight excluding hydrogens is 208 g/mol. The van der Waals surface area contributed by atoms with Gasteiger partial charge in [0.2, 0.25) is 0 Å².